The molecule has 106 valence electrons. The van der Waals surface area contributed by atoms with Crippen LogP contribution in [0.15, 0.2) is 0 Å². The Morgan fingerprint density at radius 3 is 2.22 bits per heavy atom. The molecule has 0 amide bonds. The largest absolute Gasteiger partial charge is 0.377 e. The molecule has 0 aromatic carbocycles. The van der Waals surface area contributed by atoms with Crippen molar-refractivity contribution < 1.29 is 0 Å². The first-order valence-corrected chi connectivity index (χ1v) is 8.53. The summed E-state index contributed by atoms with van der Waals surface area (Å²) < 4.78 is 0. The molecule has 1 nitrogen and oxygen atoms in total. The summed E-state index contributed by atoms with van der Waals surface area (Å²) in [5.41, 5.74) is 0. The maximum atomic E-state index is 5.44. The van der Waals surface area contributed by atoms with Crippen LogP contribution in [-0.2, 0) is 0 Å². The fourth-order valence-corrected chi connectivity index (χ4v) is 3.10. The van der Waals surface area contributed by atoms with Crippen molar-refractivity contribution in [2.24, 2.45) is 0 Å². The summed E-state index contributed by atoms with van der Waals surface area (Å²) in [4.78, 5) is 1.12. The molecule has 1 aliphatic rings. The van der Waals surface area contributed by atoms with E-state index in [2.05, 4.69) is 12.2 Å². The topological polar surface area (TPSA) is 12.0 Å². The standard InChI is InChI=1S/C16H31NS/c1-2-3-4-5-6-7-11-14-16(18)17-15-12-9-8-10-13-15/h15H,2-14H2,1H3,(H,17,18). The number of unbranched alkanes of at least 4 members (excludes halogenated alkanes) is 6. The molecule has 0 aliphatic heterocycles. The summed E-state index contributed by atoms with van der Waals surface area (Å²) in [6.07, 6.45) is 17.6. The zero-order valence-electron chi connectivity index (χ0n) is 12.2. The van der Waals surface area contributed by atoms with Gasteiger partial charge in [0.25, 0.3) is 0 Å². The first-order chi connectivity index (χ1) is 8.83. The van der Waals surface area contributed by atoms with E-state index in [1.165, 1.54) is 77.0 Å². The van der Waals surface area contributed by atoms with Gasteiger partial charge in [-0.1, -0.05) is 76.9 Å². The van der Waals surface area contributed by atoms with Crippen LogP contribution >= 0.6 is 12.2 Å². The SMILES string of the molecule is CCCCCCCCCC(=S)NC1CCCCC1. The van der Waals surface area contributed by atoms with Gasteiger partial charge in [0.05, 0.1) is 4.99 Å². The van der Waals surface area contributed by atoms with Crippen LogP contribution in [0.4, 0.5) is 0 Å². The Morgan fingerprint density at radius 1 is 0.944 bits per heavy atom. The van der Waals surface area contributed by atoms with Crippen LogP contribution in [-0.4, -0.2) is 11.0 Å². The van der Waals surface area contributed by atoms with Gasteiger partial charge in [-0.25, -0.2) is 0 Å². The number of hydrogen-bond donors (Lipinski definition) is 1. The lowest BCUT2D eigenvalue weighted by Crippen LogP contribution is -2.34. The van der Waals surface area contributed by atoms with E-state index in [4.69, 9.17) is 12.2 Å². The van der Waals surface area contributed by atoms with Crippen molar-refractivity contribution >= 4 is 17.2 Å². The van der Waals surface area contributed by atoms with Crippen molar-refractivity contribution in [3.63, 3.8) is 0 Å². The average molecular weight is 269 g/mol. The third-order valence-corrected chi connectivity index (χ3v) is 4.30. The summed E-state index contributed by atoms with van der Waals surface area (Å²) in [6.45, 7) is 2.27. The lowest BCUT2D eigenvalue weighted by molar-refractivity contribution is 0.413. The fourth-order valence-electron chi connectivity index (χ4n) is 2.79. The summed E-state index contributed by atoms with van der Waals surface area (Å²) in [5.74, 6) is 0. The van der Waals surface area contributed by atoms with E-state index in [0.29, 0.717) is 6.04 Å². The van der Waals surface area contributed by atoms with E-state index >= 15 is 0 Å². The van der Waals surface area contributed by atoms with Gasteiger partial charge in [-0.3, -0.25) is 0 Å². The Kier molecular flexibility index (Phi) is 9.55. The molecule has 0 radical (unpaired) electrons. The van der Waals surface area contributed by atoms with Gasteiger partial charge < -0.3 is 5.32 Å². The zero-order chi connectivity index (χ0) is 13.1. The second kappa shape index (κ2) is 10.8. The first kappa shape index (κ1) is 15.9. The van der Waals surface area contributed by atoms with Crippen LogP contribution in [0.3, 0.4) is 0 Å². The molecular formula is C16H31NS. The first-order valence-electron chi connectivity index (χ1n) is 8.12. The molecule has 0 saturated heterocycles. The van der Waals surface area contributed by atoms with E-state index < -0.39 is 0 Å². The molecule has 18 heavy (non-hydrogen) atoms. The summed E-state index contributed by atoms with van der Waals surface area (Å²) in [7, 11) is 0. The molecule has 1 aliphatic carbocycles. The van der Waals surface area contributed by atoms with Gasteiger partial charge in [0.2, 0.25) is 0 Å². The van der Waals surface area contributed by atoms with Crippen LogP contribution in [0, 0.1) is 0 Å². The van der Waals surface area contributed by atoms with E-state index in [-0.39, 0.29) is 0 Å². The quantitative estimate of drug-likeness (QED) is 0.446. The molecule has 0 spiro atoms. The second-order valence-corrected chi connectivity index (χ2v) is 6.27. The van der Waals surface area contributed by atoms with Crippen LogP contribution < -0.4 is 5.32 Å². The fraction of sp³-hybridized carbons (Fsp3) is 0.938. The highest BCUT2D eigenvalue weighted by molar-refractivity contribution is 7.80. The monoisotopic (exact) mass is 269 g/mol. The van der Waals surface area contributed by atoms with Gasteiger partial charge in [0.15, 0.2) is 0 Å². The Morgan fingerprint density at radius 2 is 1.56 bits per heavy atom. The molecule has 0 heterocycles. The second-order valence-electron chi connectivity index (χ2n) is 5.77. The summed E-state index contributed by atoms with van der Waals surface area (Å²) in [5, 5.41) is 3.56. The normalized spacial score (nSPS) is 16.7. The minimum atomic E-state index is 0.691. The van der Waals surface area contributed by atoms with Gasteiger partial charge in [-0.15, -0.1) is 0 Å². The highest BCUT2D eigenvalue weighted by atomic mass is 32.1. The van der Waals surface area contributed by atoms with Crippen molar-refractivity contribution in [3.8, 4) is 0 Å². The maximum absolute atomic E-state index is 5.44. The molecule has 1 N–H and O–H groups in total. The van der Waals surface area contributed by atoms with Crippen molar-refractivity contribution in [1.82, 2.24) is 5.32 Å². The van der Waals surface area contributed by atoms with Gasteiger partial charge in [-0.2, -0.15) is 0 Å². The third kappa shape index (κ3) is 8.07. The van der Waals surface area contributed by atoms with Gasteiger partial charge >= 0.3 is 0 Å². The minimum absolute atomic E-state index is 0.691. The molecule has 1 rings (SSSR count). The summed E-state index contributed by atoms with van der Waals surface area (Å²) in [6, 6.07) is 0.691. The van der Waals surface area contributed by atoms with Crippen molar-refractivity contribution in [1.29, 1.82) is 0 Å². The Bertz CT molecular complexity index is 209. The number of thiocarbonyl (C=S) groups is 1. The van der Waals surface area contributed by atoms with Gasteiger partial charge in [0, 0.05) is 6.04 Å². The van der Waals surface area contributed by atoms with Crippen molar-refractivity contribution in [3.05, 3.63) is 0 Å². The summed E-state index contributed by atoms with van der Waals surface area (Å²) >= 11 is 5.44. The molecule has 0 aromatic heterocycles. The molecule has 0 atom stereocenters. The molecule has 0 aromatic rings. The minimum Gasteiger partial charge on any atom is -0.377 e. The van der Waals surface area contributed by atoms with E-state index in [0.717, 1.165) is 11.4 Å². The Labute approximate surface area is 119 Å². The van der Waals surface area contributed by atoms with E-state index in [9.17, 15) is 0 Å². The van der Waals surface area contributed by atoms with Crippen LogP contribution in [0.5, 0.6) is 0 Å². The molecule has 0 unspecified atom stereocenters. The third-order valence-electron chi connectivity index (χ3n) is 3.98. The van der Waals surface area contributed by atoms with Crippen molar-refractivity contribution in [2.75, 3.05) is 0 Å². The average Bonchev–Trinajstić information content (AvgIpc) is 2.39. The molecule has 1 fully saturated rings. The van der Waals surface area contributed by atoms with Crippen LogP contribution in [0.2, 0.25) is 0 Å². The molecular weight excluding hydrogens is 238 g/mol. The zero-order valence-corrected chi connectivity index (χ0v) is 13.0. The Hall–Kier alpha value is -0.110. The lowest BCUT2D eigenvalue weighted by Gasteiger charge is -2.24. The molecule has 1 saturated carbocycles. The Balaban J connectivity index is 1.90. The molecule has 0 bridgehead atoms. The predicted octanol–water partition coefficient (Wildman–Crippen LogP) is 5.38. The van der Waals surface area contributed by atoms with Crippen LogP contribution in [0.25, 0.3) is 0 Å². The van der Waals surface area contributed by atoms with Crippen molar-refractivity contribution in [2.45, 2.75) is 96.4 Å². The number of hydrogen-bond acceptors (Lipinski definition) is 1. The smallest absolute Gasteiger partial charge is 0.0755 e. The van der Waals surface area contributed by atoms with Gasteiger partial charge in [0.1, 0.15) is 0 Å². The highest BCUT2D eigenvalue weighted by Crippen LogP contribution is 2.18. The number of rotatable bonds is 9. The van der Waals surface area contributed by atoms with Gasteiger partial charge in [-0.05, 0) is 25.7 Å². The van der Waals surface area contributed by atoms with Crippen LogP contribution in [0.1, 0.15) is 90.4 Å². The number of nitrogens with one attached hydrogen (secondary N) is 1. The van der Waals surface area contributed by atoms with E-state index in [1.54, 1.807) is 0 Å². The highest BCUT2D eigenvalue weighted by Gasteiger charge is 2.13. The van der Waals surface area contributed by atoms with E-state index in [1.807, 2.05) is 0 Å². The maximum Gasteiger partial charge on any atom is 0.0755 e. The molecule has 2 heteroatoms. The lowest BCUT2D eigenvalue weighted by atomic mass is 9.95. The predicted molar refractivity (Wildman–Crippen MR) is 85.2 cm³/mol.